The Bertz CT molecular complexity index is 464. The Hall–Kier alpha value is -1.58. The molecule has 4 heteroatoms. The molecule has 3 nitrogen and oxygen atoms in total. The van der Waals surface area contributed by atoms with Gasteiger partial charge in [-0.1, -0.05) is 39.0 Å². The van der Waals surface area contributed by atoms with E-state index in [9.17, 15) is 9.18 Å². The molecule has 0 spiro atoms. The lowest BCUT2D eigenvalue weighted by Crippen LogP contribution is -2.49. The molecule has 0 atom stereocenters. The Morgan fingerprint density at radius 3 is 2.30 bits per heavy atom. The fourth-order valence-corrected chi connectivity index (χ4v) is 2.54. The van der Waals surface area contributed by atoms with E-state index in [-0.39, 0.29) is 29.3 Å². The minimum absolute atomic E-state index is 0.127. The van der Waals surface area contributed by atoms with Crippen LogP contribution in [0, 0.1) is 11.2 Å². The molecule has 0 aliphatic rings. The van der Waals surface area contributed by atoms with Gasteiger partial charge in [-0.05, 0) is 31.7 Å². The van der Waals surface area contributed by atoms with Gasteiger partial charge in [0.1, 0.15) is 5.82 Å². The molecule has 0 radical (unpaired) electrons. The van der Waals surface area contributed by atoms with E-state index in [1.54, 1.807) is 18.2 Å². The first-order valence-corrected chi connectivity index (χ1v) is 6.88. The highest BCUT2D eigenvalue weighted by Crippen LogP contribution is 2.26. The Morgan fingerprint density at radius 2 is 1.75 bits per heavy atom. The first-order chi connectivity index (χ1) is 9.09. The number of halogens is 1. The fraction of sp³-hybridized carbons (Fsp3) is 0.562. The summed E-state index contributed by atoms with van der Waals surface area (Å²) < 4.78 is 13.4. The highest BCUT2D eigenvalue weighted by Gasteiger charge is 2.26. The minimum Gasteiger partial charge on any atom is -0.334 e. The average molecular weight is 280 g/mol. The standard InChI is InChI=1S/C16H25FN2O/c1-15(2,3)11-16(4,5)19-14(20)18-10-12-8-6-7-9-13(12)17/h6-9H,10-11H2,1-5H3,(H2,18,19,20). The van der Waals surface area contributed by atoms with Crippen LogP contribution < -0.4 is 10.6 Å². The minimum atomic E-state index is -0.308. The van der Waals surface area contributed by atoms with E-state index in [1.807, 2.05) is 13.8 Å². The molecule has 0 unspecified atom stereocenters. The average Bonchev–Trinajstić information content (AvgIpc) is 2.23. The molecule has 1 aromatic carbocycles. The van der Waals surface area contributed by atoms with Crippen molar-refractivity contribution < 1.29 is 9.18 Å². The summed E-state index contributed by atoms with van der Waals surface area (Å²) in [6, 6.07) is 6.16. The van der Waals surface area contributed by atoms with Crippen LogP contribution in [-0.2, 0) is 6.54 Å². The zero-order valence-corrected chi connectivity index (χ0v) is 13.0. The summed E-state index contributed by atoms with van der Waals surface area (Å²) in [6.45, 7) is 10.6. The van der Waals surface area contributed by atoms with Gasteiger partial charge in [0, 0.05) is 17.6 Å². The molecule has 2 N–H and O–H groups in total. The van der Waals surface area contributed by atoms with Crippen LogP contribution in [0.5, 0.6) is 0 Å². The SMILES string of the molecule is CC(C)(C)CC(C)(C)NC(=O)NCc1ccccc1F. The van der Waals surface area contributed by atoms with Gasteiger partial charge in [0.2, 0.25) is 0 Å². The van der Waals surface area contributed by atoms with Crippen LogP contribution >= 0.6 is 0 Å². The third kappa shape index (κ3) is 6.04. The number of amides is 2. The lowest BCUT2D eigenvalue weighted by Gasteiger charge is -2.33. The molecular formula is C16H25FN2O. The third-order valence-electron chi connectivity index (χ3n) is 2.82. The second-order valence-corrected chi connectivity index (χ2v) is 7.02. The largest absolute Gasteiger partial charge is 0.334 e. The molecule has 0 heterocycles. The zero-order chi connectivity index (χ0) is 15.4. The summed E-state index contributed by atoms with van der Waals surface area (Å²) >= 11 is 0. The van der Waals surface area contributed by atoms with Crippen molar-refractivity contribution in [2.24, 2.45) is 5.41 Å². The van der Waals surface area contributed by atoms with Gasteiger partial charge in [0.05, 0.1) is 0 Å². The summed E-state index contributed by atoms with van der Waals surface area (Å²) in [5, 5.41) is 5.62. The van der Waals surface area contributed by atoms with Crippen LogP contribution in [0.25, 0.3) is 0 Å². The maximum atomic E-state index is 13.4. The Morgan fingerprint density at radius 1 is 1.15 bits per heavy atom. The van der Waals surface area contributed by atoms with Crippen LogP contribution in [0.15, 0.2) is 24.3 Å². The Labute approximate surface area is 121 Å². The van der Waals surface area contributed by atoms with Crippen molar-refractivity contribution in [3.05, 3.63) is 35.6 Å². The van der Waals surface area contributed by atoms with E-state index in [0.717, 1.165) is 6.42 Å². The number of hydrogen-bond acceptors (Lipinski definition) is 1. The molecule has 0 aliphatic heterocycles. The van der Waals surface area contributed by atoms with Crippen molar-refractivity contribution in [1.82, 2.24) is 10.6 Å². The number of urea groups is 1. The van der Waals surface area contributed by atoms with Crippen molar-refractivity contribution >= 4 is 6.03 Å². The number of hydrogen-bond donors (Lipinski definition) is 2. The summed E-state index contributed by atoms with van der Waals surface area (Å²) in [6.07, 6.45) is 0.854. The van der Waals surface area contributed by atoms with Gasteiger partial charge in [-0.15, -0.1) is 0 Å². The zero-order valence-electron chi connectivity index (χ0n) is 13.0. The van der Waals surface area contributed by atoms with Gasteiger partial charge >= 0.3 is 6.03 Å². The molecule has 2 amide bonds. The number of rotatable bonds is 4. The van der Waals surface area contributed by atoms with Gasteiger partial charge in [0.25, 0.3) is 0 Å². The molecule has 0 saturated carbocycles. The molecule has 1 rings (SSSR count). The van der Waals surface area contributed by atoms with Crippen LogP contribution in [-0.4, -0.2) is 11.6 Å². The van der Waals surface area contributed by atoms with E-state index in [1.165, 1.54) is 6.07 Å². The molecule has 112 valence electrons. The topological polar surface area (TPSA) is 41.1 Å². The molecule has 0 aliphatic carbocycles. The maximum absolute atomic E-state index is 13.4. The van der Waals surface area contributed by atoms with Crippen molar-refractivity contribution in [1.29, 1.82) is 0 Å². The van der Waals surface area contributed by atoms with Crippen molar-refractivity contribution in [2.45, 2.75) is 53.1 Å². The lowest BCUT2D eigenvalue weighted by atomic mass is 9.82. The molecule has 1 aromatic rings. The van der Waals surface area contributed by atoms with E-state index >= 15 is 0 Å². The normalized spacial score (nSPS) is 12.1. The van der Waals surface area contributed by atoms with E-state index in [4.69, 9.17) is 0 Å². The molecular weight excluding hydrogens is 255 g/mol. The van der Waals surface area contributed by atoms with Gasteiger partial charge in [0.15, 0.2) is 0 Å². The van der Waals surface area contributed by atoms with Gasteiger partial charge in [-0.3, -0.25) is 0 Å². The molecule has 0 saturated heterocycles. The smallest absolute Gasteiger partial charge is 0.315 e. The van der Waals surface area contributed by atoms with Crippen molar-refractivity contribution in [2.75, 3.05) is 0 Å². The summed E-state index contributed by atoms with van der Waals surface area (Å²) in [5.41, 5.74) is 0.302. The second kappa shape index (κ2) is 6.25. The first-order valence-electron chi connectivity index (χ1n) is 6.88. The van der Waals surface area contributed by atoms with Crippen LogP contribution in [0.4, 0.5) is 9.18 Å². The predicted octanol–water partition coefficient (Wildman–Crippen LogP) is 3.84. The van der Waals surface area contributed by atoms with Gasteiger partial charge < -0.3 is 10.6 Å². The van der Waals surface area contributed by atoms with E-state index in [2.05, 4.69) is 31.4 Å². The molecule has 0 bridgehead atoms. The quantitative estimate of drug-likeness (QED) is 0.864. The van der Waals surface area contributed by atoms with Gasteiger partial charge in [-0.2, -0.15) is 0 Å². The number of carbonyl (C=O) groups is 1. The van der Waals surface area contributed by atoms with Crippen molar-refractivity contribution in [3.8, 4) is 0 Å². The number of nitrogens with one attached hydrogen (secondary N) is 2. The van der Waals surface area contributed by atoms with Gasteiger partial charge in [-0.25, -0.2) is 9.18 Å². The fourth-order valence-electron chi connectivity index (χ4n) is 2.54. The molecule has 0 aromatic heterocycles. The predicted molar refractivity (Wildman–Crippen MR) is 79.9 cm³/mol. The highest BCUT2D eigenvalue weighted by molar-refractivity contribution is 5.74. The second-order valence-electron chi connectivity index (χ2n) is 7.02. The van der Waals surface area contributed by atoms with E-state index < -0.39 is 0 Å². The molecule has 0 fully saturated rings. The number of carbonyl (C=O) groups excluding carboxylic acids is 1. The highest BCUT2D eigenvalue weighted by atomic mass is 19.1. The third-order valence-corrected chi connectivity index (χ3v) is 2.82. The summed E-state index contributed by atoms with van der Waals surface area (Å²) in [5.74, 6) is -0.304. The first kappa shape index (κ1) is 16.5. The Kier molecular flexibility index (Phi) is 5.15. The van der Waals surface area contributed by atoms with Crippen molar-refractivity contribution in [3.63, 3.8) is 0 Å². The van der Waals surface area contributed by atoms with Crippen LogP contribution in [0.1, 0.15) is 46.6 Å². The van der Waals surface area contributed by atoms with Crippen LogP contribution in [0.3, 0.4) is 0 Å². The number of benzene rings is 1. The monoisotopic (exact) mass is 280 g/mol. The van der Waals surface area contributed by atoms with Crippen LogP contribution in [0.2, 0.25) is 0 Å². The van der Waals surface area contributed by atoms with E-state index in [0.29, 0.717) is 5.56 Å². The molecule has 20 heavy (non-hydrogen) atoms. The summed E-state index contributed by atoms with van der Waals surface area (Å²) in [7, 11) is 0. The lowest BCUT2D eigenvalue weighted by molar-refractivity contribution is 0.210. The Balaban J connectivity index is 2.50. The maximum Gasteiger partial charge on any atom is 0.315 e. The summed E-state index contributed by atoms with van der Waals surface area (Å²) in [4.78, 5) is 11.9.